The zero-order chi connectivity index (χ0) is 15.4. The maximum absolute atomic E-state index is 14.1. The van der Waals surface area contributed by atoms with Crippen molar-refractivity contribution in [2.45, 2.75) is 46.0 Å². The van der Waals surface area contributed by atoms with Gasteiger partial charge in [0.05, 0.1) is 0 Å². The summed E-state index contributed by atoms with van der Waals surface area (Å²) in [6.07, 6.45) is 3.08. The molecule has 118 valence electrons. The second-order valence-corrected chi connectivity index (χ2v) is 6.97. The van der Waals surface area contributed by atoms with Crippen LogP contribution in [0.3, 0.4) is 0 Å². The molecule has 1 aromatic rings. The maximum Gasteiger partial charge on any atom is 0.129 e. The van der Waals surface area contributed by atoms with Gasteiger partial charge in [0.2, 0.25) is 0 Å². The molecule has 21 heavy (non-hydrogen) atoms. The standard InChI is InChI=1S/C18H27F2N/c1-12(2)10-21-11-14-8-7-13(3)9-15(14)18-16(19)5-4-6-17(18)20/h4-6,12-15,21H,7-11H2,1-3H3. The van der Waals surface area contributed by atoms with Crippen LogP contribution in [0.1, 0.15) is 51.5 Å². The molecular weight excluding hydrogens is 268 g/mol. The van der Waals surface area contributed by atoms with E-state index in [1.165, 1.54) is 18.2 Å². The molecule has 0 aromatic heterocycles. The Balaban J connectivity index is 2.15. The molecule has 3 unspecified atom stereocenters. The van der Waals surface area contributed by atoms with Crippen molar-refractivity contribution in [2.75, 3.05) is 13.1 Å². The first-order valence-electron chi connectivity index (χ1n) is 8.13. The van der Waals surface area contributed by atoms with E-state index in [0.717, 1.165) is 32.4 Å². The fourth-order valence-electron chi connectivity index (χ4n) is 3.46. The number of halogens is 2. The summed E-state index contributed by atoms with van der Waals surface area (Å²) in [6.45, 7) is 8.33. The van der Waals surface area contributed by atoms with Gasteiger partial charge in [0.25, 0.3) is 0 Å². The molecule has 3 heteroatoms. The van der Waals surface area contributed by atoms with Gasteiger partial charge in [0.15, 0.2) is 0 Å². The summed E-state index contributed by atoms with van der Waals surface area (Å²) >= 11 is 0. The topological polar surface area (TPSA) is 12.0 Å². The highest BCUT2D eigenvalue weighted by molar-refractivity contribution is 5.25. The van der Waals surface area contributed by atoms with Gasteiger partial charge in [-0.05, 0) is 61.7 Å². The molecule has 0 saturated heterocycles. The minimum atomic E-state index is -0.386. The highest BCUT2D eigenvalue weighted by Crippen LogP contribution is 2.42. The fraction of sp³-hybridized carbons (Fsp3) is 0.667. The van der Waals surface area contributed by atoms with Gasteiger partial charge in [-0.2, -0.15) is 0 Å². The van der Waals surface area contributed by atoms with Crippen LogP contribution in [0, 0.1) is 29.4 Å². The Bertz CT molecular complexity index is 438. The van der Waals surface area contributed by atoms with E-state index in [1.807, 2.05) is 0 Å². The van der Waals surface area contributed by atoms with Gasteiger partial charge in [0, 0.05) is 5.56 Å². The lowest BCUT2D eigenvalue weighted by atomic mass is 9.71. The van der Waals surface area contributed by atoms with Gasteiger partial charge in [0.1, 0.15) is 11.6 Å². The zero-order valence-electron chi connectivity index (χ0n) is 13.3. The second-order valence-electron chi connectivity index (χ2n) is 6.97. The van der Waals surface area contributed by atoms with Crippen LogP contribution in [-0.2, 0) is 0 Å². The van der Waals surface area contributed by atoms with Crippen LogP contribution < -0.4 is 5.32 Å². The van der Waals surface area contributed by atoms with Crippen LogP contribution in [0.2, 0.25) is 0 Å². The first kappa shape index (κ1) is 16.4. The van der Waals surface area contributed by atoms with Gasteiger partial charge >= 0.3 is 0 Å². The van der Waals surface area contributed by atoms with Crippen LogP contribution in [0.5, 0.6) is 0 Å². The van der Waals surface area contributed by atoms with E-state index in [4.69, 9.17) is 0 Å². The van der Waals surface area contributed by atoms with Crippen LogP contribution in [0.25, 0.3) is 0 Å². The fourth-order valence-corrected chi connectivity index (χ4v) is 3.46. The smallest absolute Gasteiger partial charge is 0.129 e. The van der Waals surface area contributed by atoms with Gasteiger partial charge in [-0.25, -0.2) is 8.78 Å². The quantitative estimate of drug-likeness (QED) is 0.828. The van der Waals surface area contributed by atoms with E-state index in [9.17, 15) is 8.78 Å². The Kier molecular flexibility index (Phi) is 5.74. The highest BCUT2D eigenvalue weighted by Gasteiger charge is 2.33. The molecule has 0 spiro atoms. The van der Waals surface area contributed by atoms with Crippen molar-refractivity contribution in [1.82, 2.24) is 5.32 Å². The summed E-state index contributed by atoms with van der Waals surface area (Å²) < 4.78 is 28.3. The predicted molar refractivity (Wildman–Crippen MR) is 83.3 cm³/mol. The Hall–Kier alpha value is -0.960. The third-order valence-electron chi connectivity index (χ3n) is 4.59. The second kappa shape index (κ2) is 7.35. The van der Waals surface area contributed by atoms with Crippen LogP contribution >= 0.6 is 0 Å². The third-order valence-corrected chi connectivity index (χ3v) is 4.59. The Morgan fingerprint density at radius 2 is 1.86 bits per heavy atom. The monoisotopic (exact) mass is 295 g/mol. The molecule has 0 radical (unpaired) electrons. The van der Waals surface area contributed by atoms with E-state index in [1.54, 1.807) is 0 Å². The number of hydrogen-bond acceptors (Lipinski definition) is 1. The number of rotatable bonds is 5. The first-order chi connectivity index (χ1) is 9.99. The van der Waals surface area contributed by atoms with E-state index in [0.29, 0.717) is 23.3 Å². The van der Waals surface area contributed by atoms with Crippen molar-refractivity contribution in [2.24, 2.45) is 17.8 Å². The number of benzene rings is 1. The average molecular weight is 295 g/mol. The Morgan fingerprint density at radius 1 is 1.19 bits per heavy atom. The summed E-state index contributed by atoms with van der Waals surface area (Å²) in [5.74, 6) is 0.679. The minimum Gasteiger partial charge on any atom is -0.316 e. The highest BCUT2D eigenvalue weighted by atomic mass is 19.1. The number of hydrogen-bond donors (Lipinski definition) is 1. The Labute approximate surface area is 127 Å². The molecule has 0 bridgehead atoms. The Morgan fingerprint density at radius 3 is 2.48 bits per heavy atom. The van der Waals surface area contributed by atoms with Crippen molar-refractivity contribution < 1.29 is 8.78 Å². The van der Waals surface area contributed by atoms with Crippen molar-refractivity contribution in [3.05, 3.63) is 35.4 Å². The van der Waals surface area contributed by atoms with Crippen molar-refractivity contribution in [3.8, 4) is 0 Å². The first-order valence-corrected chi connectivity index (χ1v) is 8.13. The van der Waals surface area contributed by atoms with E-state index in [2.05, 4.69) is 26.1 Å². The lowest BCUT2D eigenvalue weighted by Crippen LogP contribution is -2.33. The molecule has 1 aliphatic rings. The third kappa shape index (κ3) is 4.26. The summed E-state index contributed by atoms with van der Waals surface area (Å²) in [4.78, 5) is 0. The molecule has 2 rings (SSSR count). The minimum absolute atomic E-state index is 0.00499. The summed E-state index contributed by atoms with van der Waals surface area (Å²) in [6, 6.07) is 4.22. The largest absolute Gasteiger partial charge is 0.316 e. The molecule has 1 nitrogen and oxygen atoms in total. The molecule has 1 saturated carbocycles. The van der Waals surface area contributed by atoms with E-state index >= 15 is 0 Å². The molecule has 0 heterocycles. The SMILES string of the molecule is CC(C)CNCC1CCC(C)CC1c1c(F)cccc1F. The van der Waals surface area contributed by atoms with Gasteiger partial charge < -0.3 is 5.32 Å². The normalized spacial score (nSPS) is 26.3. The predicted octanol–water partition coefficient (Wildman–Crippen LogP) is 4.73. The molecular formula is C18H27F2N. The lowest BCUT2D eigenvalue weighted by Gasteiger charge is -2.36. The molecule has 1 N–H and O–H groups in total. The average Bonchev–Trinajstić information content (AvgIpc) is 2.40. The van der Waals surface area contributed by atoms with Crippen molar-refractivity contribution in [3.63, 3.8) is 0 Å². The van der Waals surface area contributed by atoms with Gasteiger partial charge in [-0.1, -0.05) is 33.3 Å². The summed E-state index contributed by atoms with van der Waals surface area (Å²) in [5, 5.41) is 3.46. The molecule has 0 aliphatic heterocycles. The summed E-state index contributed by atoms with van der Waals surface area (Å²) in [7, 11) is 0. The molecule has 1 fully saturated rings. The van der Waals surface area contributed by atoms with Gasteiger partial charge in [-0.15, -0.1) is 0 Å². The molecule has 0 amide bonds. The molecule has 1 aliphatic carbocycles. The van der Waals surface area contributed by atoms with Gasteiger partial charge in [-0.3, -0.25) is 0 Å². The molecule has 1 aromatic carbocycles. The zero-order valence-corrected chi connectivity index (χ0v) is 13.3. The molecule has 3 atom stereocenters. The van der Waals surface area contributed by atoms with Crippen LogP contribution in [0.15, 0.2) is 18.2 Å². The van der Waals surface area contributed by atoms with E-state index in [-0.39, 0.29) is 17.6 Å². The van der Waals surface area contributed by atoms with Crippen LogP contribution in [0.4, 0.5) is 8.78 Å². The maximum atomic E-state index is 14.1. The summed E-state index contributed by atoms with van der Waals surface area (Å²) in [5.41, 5.74) is 0.306. The lowest BCUT2D eigenvalue weighted by molar-refractivity contribution is 0.232. The number of nitrogens with one attached hydrogen (secondary N) is 1. The van der Waals surface area contributed by atoms with Crippen molar-refractivity contribution >= 4 is 0 Å². The van der Waals surface area contributed by atoms with Crippen LogP contribution in [-0.4, -0.2) is 13.1 Å². The van der Waals surface area contributed by atoms with E-state index < -0.39 is 0 Å². The van der Waals surface area contributed by atoms with Crippen molar-refractivity contribution in [1.29, 1.82) is 0 Å².